The average Bonchev–Trinajstić information content (AvgIpc) is 2.73. The van der Waals surface area contributed by atoms with E-state index < -0.39 is 16.7 Å². The molecule has 0 saturated heterocycles. The molecule has 34 heavy (non-hydrogen) atoms. The number of Topliss-reactive ketones (excluding diaryl/α,β-unsaturated/α-hetero) is 1. The third-order valence-electron chi connectivity index (χ3n) is 5.95. The summed E-state index contributed by atoms with van der Waals surface area (Å²) in [4.78, 5) is 42.1. The Hall–Kier alpha value is -3.04. The van der Waals surface area contributed by atoms with Crippen molar-refractivity contribution < 1.29 is 14.5 Å². The van der Waals surface area contributed by atoms with Crippen LogP contribution in [0.4, 0.5) is 11.5 Å². The molecule has 2 aliphatic rings. The van der Waals surface area contributed by atoms with E-state index in [9.17, 15) is 19.7 Å². The number of ketones is 1. The monoisotopic (exact) mass is 544 g/mol. The van der Waals surface area contributed by atoms with Gasteiger partial charge in [-0.15, -0.1) is 0 Å². The number of dihydropyridines is 1. The fourth-order valence-electron chi connectivity index (χ4n) is 4.55. The number of allylic oxidation sites excluding steroid dienone is 3. The van der Waals surface area contributed by atoms with Gasteiger partial charge in [0.25, 0.3) is 11.6 Å². The highest BCUT2D eigenvalue weighted by Gasteiger charge is 2.43. The van der Waals surface area contributed by atoms with Gasteiger partial charge in [0.2, 0.25) is 0 Å². The van der Waals surface area contributed by atoms with Crippen LogP contribution in [0.3, 0.4) is 0 Å². The molecule has 1 aromatic heterocycles. The molecule has 0 bridgehead atoms. The highest BCUT2D eigenvalue weighted by atomic mass is 79.9. The summed E-state index contributed by atoms with van der Waals surface area (Å²) < 4.78 is 0.756. The summed E-state index contributed by atoms with van der Waals surface area (Å²) in [6, 6.07) is 7.45. The Morgan fingerprint density at radius 3 is 2.68 bits per heavy atom. The normalized spacial score (nSPS) is 19.4. The van der Waals surface area contributed by atoms with Gasteiger partial charge in [0.15, 0.2) is 5.78 Å². The number of benzene rings is 1. The molecule has 1 aliphatic carbocycles. The average molecular weight is 546 g/mol. The van der Waals surface area contributed by atoms with E-state index in [4.69, 9.17) is 11.6 Å². The summed E-state index contributed by atoms with van der Waals surface area (Å²) in [5.41, 5.74) is 1.85. The fraction of sp³-hybridized carbons (Fsp3) is 0.292. The molecule has 2 heterocycles. The van der Waals surface area contributed by atoms with Crippen LogP contribution >= 0.6 is 27.5 Å². The highest BCUT2D eigenvalue weighted by Crippen LogP contribution is 2.48. The highest BCUT2D eigenvalue weighted by molar-refractivity contribution is 9.10. The van der Waals surface area contributed by atoms with Crippen molar-refractivity contribution in [1.29, 1.82) is 0 Å². The lowest BCUT2D eigenvalue weighted by Crippen LogP contribution is -2.39. The molecule has 1 amide bonds. The number of nitro groups is 1. The molecule has 0 radical (unpaired) electrons. The second kappa shape index (κ2) is 8.96. The Balaban J connectivity index is 1.87. The second-order valence-electron chi connectivity index (χ2n) is 9.21. The van der Waals surface area contributed by atoms with Crippen LogP contribution in [0.5, 0.6) is 0 Å². The molecule has 0 spiro atoms. The van der Waals surface area contributed by atoms with Crippen LogP contribution in [0.25, 0.3) is 0 Å². The quantitative estimate of drug-likeness (QED) is 0.379. The Kier molecular flexibility index (Phi) is 6.35. The molecule has 1 atom stereocenters. The third kappa shape index (κ3) is 4.63. The number of non-ortho nitro benzene ring substituents is 1. The van der Waals surface area contributed by atoms with Gasteiger partial charge in [-0.25, -0.2) is 4.98 Å². The lowest BCUT2D eigenvalue weighted by atomic mass is 9.68. The zero-order chi connectivity index (χ0) is 24.8. The minimum Gasteiger partial charge on any atom is -0.362 e. The van der Waals surface area contributed by atoms with E-state index in [0.29, 0.717) is 41.2 Å². The number of nitrogens with one attached hydrogen (secondary N) is 2. The van der Waals surface area contributed by atoms with Crippen molar-refractivity contribution in [3.63, 3.8) is 0 Å². The summed E-state index contributed by atoms with van der Waals surface area (Å²) in [5.74, 6) is -1.13. The van der Waals surface area contributed by atoms with Gasteiger partial charge in [-0.1, -0.05) is 25.4 Å². The number of pyridine rings is 1. The number of amides is 1. The Morgan fingerprint density at radius 1 is 1.29 bits per heavy atom. The largest absolute Gasteiger partial charge is 0.362 e. The number of hydrogen-bond donors (Lipinski definition) is 2. The van der Waals surface area contributed by atoms with E-state index in [1.165, 1.54) is 18.2 Å². The Bertz CT molecular complexity index is 1280. The summed E-state index contributed by atoms with van der Waals surface area (Å²) >= 11 is 9.83. The number of nitro benzene ring substituents is 1. The fourth-order valence-corrected chi connectivity index (χ4v) is 5.01. The number of halogens is 2. The van der Waals surface area contributed by atoms with Gasteiger partial charge in [0.05, 0.1) is 4.92 Å². The predicted octanol–water partition coefficient (Wildman–Crippen LogP) is 5.65. The van der Waals surface area contributed by atoms with E-state index in [1.807, 2.05) is 13.8 Å². The number of anilines is 1. The molecule has 2 N–H and O–H groups in total. The van der Waals surface area contributed by atoms with Crippen molar-refractivity contribution in [2.45, 2.75) is 39.5 Å². The van der Waals surface area contributed by atoms with E-state index in [0.717, 1.165) is 4.47 Å². The zero-order valence-corrected chi connectivity index (χ0v) is 21.1. The molecule has 0 unspecified atom stereocenters. The molecule has 1 aliphatic heterocycles. The van der Waals surface area contributed by atoms with E-state index in [2.05, 4.69) is 31.5 Å². The van der Waals surface area contributed by atoms with Crippen LogP contribution in [0.15, 0.2) is 63.5 Å². The maximum Gasteiger partial charge on any atom is 0.269 e. The van der Waals surface area contributed by atoms with Gasteiger partial charge < -0.3 is 10.6 Å². The molecular formula is C24H22BrClN4O4. The van der Waals surface area contributed by atoms with Gasteiger partial charge >= 0.3 is 0 Å². The standard InChI is InChI=1S/C24H22BrClN4O4/c1-12-20(23(32)29-19-7-4-13(25)11-27-19)21(15-8-14(30(33)34)5-6-16(15)26)22-17(28-12)9-24(2,3)10-18(22)31/h4-8,11,21,28H,9-10H2,1-3H3,(H,27,29,32)/t21-/m0/s1. The van der Waals surface area contributed by atoms with Crippen LogP contribution in [0, 0.1) is 15.5 Å². The Morgan fingerprint density at radius 2 is 2.03 bits per heavy atom. The van der Waals surface area contributed by atoms with Crippen LogP contribution in [0.1, 0.15) is 45.1 Å². The van der Waals surface area contributed by atoms with Crippen molar-refractivity contribution >= 4 is 50.7 Å². The molecule has 0 fully saturated rings. The summed E-state index contributed by atoms with van der Waals surface area (Å²) in [6.45, 7) is 5.76. The minimum atomic E-state index is -0.859. The molecule has 176 valence electrons. The minimum absolute atomic E-state index is 0.120. The van der Waals surface area contributed by atoms with Crippen LogP contribution in [-0.4, -0.2) is 21.6 Å². The molecule has 8 nitrogen and oxygen atoms in total. The van der Waals surface area contributed by atoms with Gasteiger partial charge in [-0.3, -0.25) is 19.7 Å². The summed E-state index contributed by atoms with van der Waals surface area (Å²) in [5, 5.41) is 17.8. The van der Waals surface area contributed by atoms with E-state index in [1.54, 1.807) is 25.3 Å². The van der Waals surface area contributed by atoms with Crippen LogP contribution in [-0.2, 0) is 9.59 Å². The molecule has 0 saturated carbocycles. The molecule has 4 rings (SSSR count). The van der Waals surface area contributed by atoms with Gasteiger partial charge in [-0.05, 0) is 58.5 Å². The maximum absolute atomic E-state index is 13.5. The van der Waals surface area contributed by atoms with Gasteiger partial charge in [0.1, 0.15) is 5.82 Å². The first-order valence-corrected chi connectivity index (χ1v) is 11.7. The summed E-state index contributed by atoms with van der Waals surface area (Å²) in [6.07, 6.45) is 2.44. The first-order chi connectivity index (χ1) is 16.0. The number of aromatic nitrogens is 1. The van der Waals surface area contributed by atoms with Crippen molar-refractivity contribution in [3.05, 3.63) is 84.2 Å². The summed E-state index contributed by atoms with van der Waals surface area (Å²) in [7, 11) is 0. The predicted molar refractivity (Wildman–Crippen MR) is 132 cm³/mol. The molecule has 1 aromatic carbocycles. The van der Waals surface area contributed by atoms with E-state index >= 15 is 0 Å². The first kappa shape index (κ1) is 24.1. The SMILES string of the molecule is CC1=C(C(=O)Nc2ccc(Br)cn2)[C@H](c2cc([N+](=O)[O-])ccc2Cl)C2=C(CC(C)(C)CC2=O)N1. The van der Waals surface area contributed by atoms with Gasteiger partial charge in [-0.2, -0.15) is 0 Å². The van der Waals surface area contributed by atoms with Crippen molar-refractivity contribution in [2.24, 2.45) is 5.41 Å². The van der Waals surface area contributed by atoms with E-state index in [-0.39, 0.29) is 27.5 Å². The molecule has 10 heteroatoms. The molecule has 2 aromatic rings. The third-order valence-corrected chi connectivity index (χ3v) is 6.77. The van der Waals surface area contributed by atoms with Crippen molar-refractivity contribution in [1.82, 2.24) is 10.3 Å². The lowest BCUT2D eigenvalue weighted by Gasteiger charge is -2.39. The number of rotatable bonds is 4. The van der Waals surface area contributed by atoms with Crippen LogP contribution in [0.2, 0.25) is 5.02 Å². The molecular weight excluding hydrogens is 524 g/mol. The van der Waals surface area contributed by atoms with Crippen molar-refractivity contribution in [2.75, 3.05) is 5.32 Å². The maximum atomic E-state index is 13.5. The smallest absolute Gasteiger partial charge is 0.269 e. The zero-order valence-electron chi connectivity index (χ0n) is 18.7. The van der Waals surface area contributed by atoms with Crippen LogP contribution < -0.4 is 10.6 Å². The number of carbonyl (C=O) groups excluding carboxylic acids is 2. The van der Waals surface area contributed by atoms with Gasteiger partial charge in [0, 0.05) is 62.7 Å². The lowest BCUT2D eigenvalue weighted by molar-refractivity contribution is -0.384. The topological polar surface area (TPSA) is 114 Å². The number of carbonyl (C=O) groups is 2. The Labute approximate surface area is 209 Å². The first-order valence-electron chi connectivity index (χ1n) is 10.6. The number of nitrogens with zero attached hydrogens (tertiary/aromatic N) is 2. The number of hydrogen-bond acceptors (Lipinski definition) is 6. The second-order valence-corrected chi connectivity index (χ2v) is 10.5. The van der Waals surface area contributed by atoms with Crippen molar-refractivity contribution in [3.8, 4) is 0 Å².